The molecule has 3 aromatic rings. The Labute approximate surface area is 326 Å². The van der Waals surface area contributed by atoms with Gasteiger partial charge in [-0.15, -0.1) is 0 Å². The molecule has 3 aliphatic carbocycles. The molecule has 2 aliphatic heterocycles. The van der Waals surface area contributed by atoms with Crippen LogP contribution >= 0.6 is 0 Å². The summed E-state index contributed by atoms with van der Waals surface area (Å²) in [5.41, 5.74) is 4.02. The van der Waals surface area contributed by atoms with Gasteiger partial charge in [0.25, 0.3) is 5.91 Å². The Balaban J connectivity index is 1.02. The monoisotopic (exact) mass is 749 g/mol. The highest BCUT2D eigenvalue weighted by molar-refractivity contribution is 5.98. The van der Waals surface area contributed by atoms with Crippen molar-refractivity contribution < 1.29 is 24.2 Å². The van der Waals surface area contributed by atoms with Crippen LogP contribution in [0.15, 0.2) is 48.5 Å². The normalized spacial score (nSPS) is 28.2. The van der Waals surface area contributed by atoms with Gasteiger partial charge in [-0.05, 0) is 137 Å². The SMILES string of the molecule is CCCN(C(=O)c1ccc2ccccc2n1)[C@@H](C)C(=O)N1CCN(c2cc3c(cc2OC(=O)N2CCCCC2)CC[C@@H]2C3CC[C@@]3(C)C2CC[C@]3(C)O)CC1. The minimum Gasteiger partial charge on any atom is -0.408 e. The van der Waals surface area contributed by atoms with Crippen LogP contribution in [0.5, 0.6) is 5.75 Å². The summed E-state index contributed by atoms with van der Waals surface area (Å²) in [4.78, 5) is 53.8. The molecule has 2 aromatic carbocycles. The summed E-state index contributed by atoms with van der Waals surface area (Å²) in [6.07, 6.45) is 9.63. The number of aromatic nitrogens is 1. The molecular formula is C45H59N5O5. The maximum atomic E-state index is 14.1. The number of piperazine rings is 1. The number of nitrogens with zero attached hydrogens (tertiary/aromatic N) is 5. The number of hydrogen-bond acceptors (Lipinski definition) is 7. The number of ether oxygens (including phenoxy) is 1. The van der Waals surface area contributed by atoms with E-state index in [0.717, 1.165) is 93.9 Å². The summed E-state index contributed by atoms with van der Waals surface area (Å²) in [7, 11) is 0. The number of carbonyl (C=O) groups is 3. The number of pyridine rings is 1. The first kappa shape index (κ1) is 37.7. The van der Waals surface area contributed by atoms with Crippen LogP contribution < -0.4 is 9.64 Å². The fourth-order valence-corrected chi connectivity index (χ4v) is 11.0. The van der Waals surface area contributed by atoms with Crippen molar-refractivity contribution in [1.82, 2.24) is 19.7 Å². The minimum atomic E-state index is -0.637. The van der Waals surface area contributed by atoms with Crippen LogP contribution in [0.25, 0.3) is 10.9 Å². The third-order valence-electron chi connectivity index (χ3n) is 14.5. The molecule has 3 heterocycles. The second-order valence-electron chi connectivity index (χ2n) is 17.5. The van der Waals surface area contributed by atoms with Crippen molar-refractivity contribution in [2.45, 2.75) is 109 Å². The third-order valence-corrected chi connectivity index (χ3v) is 14.5. The van der Waals surface area contributed by atoms with E-state index in [4.69, 9.17) is 4.74 Å². The first-order valence-electron chi connectivity index (χ1n) is 21.1. The number of benzene rings is 2. The van der Waals surface area contributed by atoms with E-state index in [2.05, 4.69) is 35.9 Å². The quantitative estimate of drug-likeness (QED) is 0.268. The Kier molecular flexibility index (Phi) is 10.3. The number of piperidine rings is 1. The number of amides is 3. The number of para-hydroxylation sites is 1. The van der Waals surface area contributed by atoms with E-state index in [1.165, 1.54) is 11.1 Å². The van der Waals surface area contributed by atoms with Crippen LogP contribution in [0.1, 0.15) is 113 Å². The maximum absolute atomic E-state index is 14.1. The van der Waals surface area contributed by atoms with Crippen molar-refractivity contribution in [2.75, 3.05) is 50.7 Å². The Bertz CT molecular complexity index is 1930. The lowest BCUT2D eigenvalue weighted by Crippen LogP contribution is -2.55. The summed E-state index contributed by atoms with van der Waals surface area (Å²) in [5, 5.41) is 12.4. The molecule has 8 rings (SSSR count). The van der Waals surface area contributed by atoms with Gasteiger partial charge in [0.15, 0.2) is 5.75 Å². The first-order valence-corrected chi connectivity index (χ1v) is 21.1. The number of rotatable bonds is 7. The highest BCUT2D eigenvalue weighted by atomic mass is 16.6. The number of carbonyl (C=O) groups excluding carboxylic acids is 3. The molecule has 0 spiro atoms. The van der Waals surface area contributed by atoms with Crippen molar-refractivity contribution in [3.63, 3.8) is 0 Å². The van der Waals surface area contributed by atoms with Crippen LogP contribution in [0.3, 0.4) is 0 Å². The number of anilines is 1. The van der Waals surface area contributed by atoms with Gasteiger partial charge in [0.1, 0.15) is 11.7 Å². The van der Waals surface area contributed by atoms with Crippen molar-refractivity contribution in [3.05, 3.63) is 65.4 Å². The van der Waals surface area contributed by atoms with Gasteiger partial charge < -0.3 is 29.4 Å². The van der Waals surface area contributed by atoms with Gasteiger partial charge in [-0.1, -0.05) is 38.1 Å². The molecule has 294 valence electrons. The Morgan fingerprint density at radius 3 is 2.45 bits per heavy atom. The molecule has 10 nitrogen and oxygen atoms in total. The summed E-state index contributed by atoms with van der Waals surface area (Å²) >= 11 is 0. The molecule has 2 saturated carbocycles. The fourth-order valence-electron chi connectivity index (χ4n) is 11.0. The maximum Gasteiger partial charge on any atom is 0.415 e. The van der Waals surface area contributed by atoms with E-state index >= 15 is 0 Å². The average Bonchev–Trinajstić information content (AvgIpc) is 3.46. The number of hydrogen-bond donors (Lipinski definition) is 1. The molecule has 55 heavy (non-hydrogen) atoms. The number of fused-ring (bicyclic) bond motifs is 6. The van der Waals surface area contributed by atoms with Crippen LogP contribution in [0, 0.1) is 17.3 Å². The largest absolute Gasteiger partial charge is 0.415 e. The van der Waals surface area contributed by atoms with E-state index in [0.29, 0.717) is 61.9 Å². The van der Waals surface area contributed by atoms with Crippen LogP contribution in [-0.4, -0.2) is 100 Å². The number of aryl methyl sites for hydroxylation is 1. The predicted molar refractivity (Wildman–Crippen MR) is 214 cm³/mol. The average molecular weight is 750 g/mol. The molecular weight excluding hydrogens is 691 g/mol. The molecule has 0 bridgehead atoms. The van der Waals surface area contributed by atoms with Crippen molar-refractivity contribution in [3.8, 4) is 5.75 Å². The molecule has 4 fully saturated rings. The second-order valence-corrected chi connectivity index (χ2v) is 17.5. The smallest absolute Gasteiger partial charge is 0.408 e. The van der Waals surface area contributed by atoms with E-state index < -0.39 is 11.6 Å². The third kappa shape index (κ3) is 6.87. The van der Waals surface area contributed by atoms with Crippen molar-refractivity contribution in [2.24, 2.45) is 17.3 Å². The molecule has 2 unspecified atom stereocenters. The standard InChI is InChI=1S/C45H59N5O5/c1-5-21-50(42(52)38-16-14-31-11-7-8-12-37(31)46-38)30(2)41(51)48-26-24-47(25-27-48)39-29-35-32(28-40(39)55-43(53)49-22-9-6-10-23-49)13-15-34-33(35)17-19-44(3)36(34)18-20-45(44,4)54/h7-8,11-12,14,16,28-30,33-34,36,54H,5-6,9-10,13,15,17-27H2,1-4H3/t30-,33?,34+,36?,44-,45-/m0/s1. The molecule has 0 radical (unpaired) electrons. The zero-order valence-electron chi connectivity index (χ0n) is 33.3. The van der Waals surface area contributed by atoms with Crippen LogP contribution in [-0.2, 0) is 11.2 Å². The van der Waals surface area contributed by atoms with Gasteiger partial charge >= 0.3 is 6.09 Å². The Hall–Kier alpha value is -4.18. The molecule has 1 aromatic heterocycles. The summed E-state index contributed by atoms with van der Waals surface area (Å²) in [6, 6.07) is 15.2. The molecule has 1 N–H and O–H groups in total. The van der Waals surface area contributed by atoms with Gasteiger partial charge in [0.05, 0.1) is 16.8 Å². The highest BCUT2D eigenvalue weighted by Gasteiger charge is 2.59. The lowest BCUT2D eigenvalue weighted by molar-refractivity contribution is -0.135. The van der Waals surface area contributed by atoms with E-state index in [9.17, 15) is 19.5 Å². The van der Waals surface area contributed by atoms with Crippen LogP contribution in [0.4, 0.5) is 10.5 Å². The number of aliphatic hydroxyl groups is 1. The predicted octanol–water partition coefficient (Wildman–Crippen LogP) is 7.42. The summed E-state index contributed by atoms with van der Waals surface area (Å²) in [5.74, 6) is 1.78. The van der Waals surface area contributed by atoms with Gasteiger partial charge in [-0.3, -0.25) is 9.59 Å². The summed E-state index contributed by atoms with van der Waals surface area (Å²) in [6.45, 7) is 12.3. The van der Waals surface area contributed by atoms with Crippen molar-refractivity contribution >= 4 is 34.5 Å². The van der Waals surface area contributed by atoms with Gasteiger partial charge in [-0.2, -0.15) is 0 Å². The molecule has 6 atom stereocenters. The second kappa shape index (κ2) is 15.1. The van der Waals surface area contributed by atoms with E-state index in [1.807, 2.05) is 54.0 Å². The Morgan fingerprint density at radius 1 is 0.927 bits per heavy atom. The minimum absolute atomic E-state index is 0.0538. The topological polar surface area (TPSA) is 107 Å². The van der Waals surface area contributed by atoms with Gasteiger partial charge in [0, 0.05) is 51.2 Å². The van der Waals surface area contributed by atoms with E-state index in [1.54, 1.807) is 11.0 Å². The zero-order chi connectivity index (χ0) is 38.5. The van der Waals surface area contributed by atoms with E-state index in [-0.39, 0.29) is 23.3 Å². The zero-order valence-corrected chi connectivity index (χ0v) is 33.3. The van der Waals surface area contributed by atoms with Gasteiger partial charge in [0.2, 0.25) is 5.91 Å². The summed E-state index contributed by atoms with van der Waals surface area (Å²) < 4.78 is 6.30. The molecule has 10 heteroatoms. The fraction of sp³-hybridized carbons (Fsp3) is 0.600. The van der Waals surface area contributed by atoms with Gasteiger partial charge in [-0.25, -0.2) is 9.78 Å². The van der Waals surface area contributed by atoms with Crippen LogP contribution in [0.2, 0.25) is 0 Å². The van der Waals surface area contributed by atoms with Crippen molar-refractivity contribution in [1.29, 1.82) is 0 Å². The number of likely N-dealkylation sites (tertiary alicyclic amines) is 1. The highest BCUT2D eigenvalue weighted by Crippen LogP contribution is 2.64. The Morgan fingerprint density at radius 2 is 1.69 bits per heavy atom. The lowest BCUT2D eigenvalue weighted by atomic mass is 9.53. The lowest BCUT2D eigenvalue weighted by Gasteiger charge is -2.52. The molecule has 2 saturated heterocycles. The first-order chi connectivity index (χ1) is 26.5. The molecule has 5 aliphatic rings. The molecule has 3 amide bonds.